The molecule has 0 saturated heterocycles. The van der Waals surface area contributed by atoms with Gasteiger partial charge in [-0.15, -0.1) is 0 Å². The lowest BCUT2D eigenvalue weighted by molar-refractivity contribution is -0.384. The number of rotatable bonds is 4. The SMILES string of the molecule is Nc1c(N=Cc2ccc([N+](=O)[O-])cc2)cc(C(F)(F)F)cc1[N+](=O)[O-]. The van der Waals surface area contributed by atoms with Crippen LogP contribution in [0.3, 0.4) is 0 Å². The molecule has 2 N–H and O–H groups in total. The molecule has 2 aromatic rings. The quantitative estimate of drug-likeness (QED) is 0.386. The second-order valence-electron chi connectivity index (χ2n) is 4.79. The van der Waals surface area contributed by atoms with Gasteiger partial charge in [0.1, 0.15) is 5.69 Å². The summed E-state index contributed by atoms with van der Waals surface area (Å²) in [5, 5.41) is 21.4. The van der Waals surface area contributed by atoms with Gasteiger partial charge in [0.15, 0.2) is 0 Å². The van der Waals surface area contributed by atoms with Crippen molar-refractivity contribution in [1.29, 1.82) is 0 Å². The molecule has 0 radical (unpaired) electrons. The van der Waals surface area contributed by atoms with E-state index in [9.17, 15) is 33.4 Å². The third-order valence-corrected chi connectivity index (χ3v) is 3.12. The Morgan fingerprint density at radius 1 is 1.04 bits per heavy atom. The molecule has 0 bridgehead atoms. The molecule has 0 fully saturated rings. The summed E-state index contributed by atoms with van der Waals surface area (Å²) in [7, 11) is 0. The van der Waals surface area contributed by atoms with Crippen LogP contribution in [0.25, 0.3) is 0 Å². The zero-order valence-electron chi connectivity index (χ0n) is 12.2. The number of nitrogens with two attached hydrogens (primary N) is 1. The van der Waals surface area contributed by atoms with E-state index in [4.69, 9.17) is 5.73 Å². The minimum absolute atomic E-state index is 0.175. The minimum atomic E-state index is -4.81. The van der Waals surface area contributed by atoms with Crippen LogP contribution in [0.5, 0.6) is 0 Å². The zero-order valence-corrected chi connectivity index (χ0v) is 12.2. The summed E-state index contributed by atoms with van der Waals surface area (Å²) >= 11 is 0. The first kappa shape index (κ1) is 17.8. The number of anilines is 1. The van der Waals surface area contributed by atoms with Crippen molar-refractivity contribution in [2.75, 3.05) is 5.73 Å². The van der Waals surface area contributed by atoms with Crippen LogP contribution < -0.4 is 5.73 Å². The van der Waals surface area contributed by atoms with Crippen molar-refractivity contribution in [1.82, 2.24) is 0 Å². The van der Waals surface area contributed by atoms with Crippen LogP contribution in [0.4, 0.5) is 35.9 Å². The molecule has 130 valence electrons. The van der Waals surface area contributed by atoms with Crippen LogP contribution in [0.15, 0.2) is 41.4 Å². The van der Waals surface area contributed by atoms with E-state index in [0.717, 1.165) is 6.21 Å². The summed E-state index contributed by atoms with van der Waals surface area (Å²) in [5.74, 6) is 0. The number of hydrogen-bond donors (Lipinski definition) is 1. The summed E-state index contributed by atoms with van der Waals surface area (Å²) < 4.78 is 38.5. The van der Waals surface area contributed by atoms with Gasteiger partial charge < -0.3 is 5.73 Å². The molecule has 8 nitrogen and oxygen atoms in total. The maximum Gasteiger partial charge on any atom is 0.416 e. The summed E-state index contributed by atoms with van der Waals surface area (Å²) in [6, 6.07) is 5.92. The molecule has 2 rings (SSSR count). The second kappa shape index (κ2) is 6.55. The average Bonchev–Trinajstić information content (AvgIpc) is 2.52. The fraction of sp³-hybridized carbons (Fsp3) is 0.0714. The monoisotopic (exact) mass is 354 g/mol. The zero-order chi connectivity index (χ0) is 18.8. The summed E-state index contributed by atoms with van der Waals surface area (Å²) in [5.41, 5.74) is 2.56. The van der Waals surface area contributed by atoms with E-state index in [1.165, 1.54) is 24.3 Å². The highest BCUT2D eigenvalue weighted by atomic mass is 19.4. The molecule has 0 aliphatic carbocycles. The van der Waals surface area contributed by atoms with Crippen molar-refractivity contribution in [3.05, 3.63) is 67.8 Å². The predicted octanol–water partition coefficient (Wildman–Crippen LogP) is 3.85. The first-order valence-electron chi connectivity index (χ1n) is 6.53. The molecule has 0 heterocycles. The van der Waals surface area contributed by atoms with Crippen LogP contribution in [0.1, 0.15) is 11.1 Å². The lowest BCUT2D eigenvalue weighted by atomic mass is 10.1. The Kier molecular flexibility index (Phi) is 4.68. The van der Waals surface area contributed by atoms with Crippen molar-refractivity contribution in [3.8, 4) is 0 Å². The van der Waals surface area contributed by atoms with Gasteiger partial charge in [0, 0.05) is 24.4 Å². The van der Waals surface area contributed by atoms with Crippen LogP contribution in [0.2, 0.25) is 0 Å². The van der Waals surface area contributed by atoms with Gasteiger partial charge in [0.2, 0.25) is 0 Å². The number of hydrogen-bond acceptors (Lipinski definition) is 6. The summed E-state index contributed by atoms with van der Waals surface area (Å²) in [4.78, 5) is 23.5. The van der Waals surface area contributed by atoms with E-state index >= 15 is 0 Å². The topological polar surface area (TPSA) is 125 Å². The predicted molar refractivity (Wildman–Crippen MR) is 82.9 cm³/mol. The van der Waals surface area contributed by atoms with Gasteiger partial charge in [-0.2, -0.15) is 13.2 Å². The third-order valence-electron chi connectivity index (χ3n) is 3.12. The first-order chi connectivity index (χ1) is 11.6. The Bertz CT molecular complexity index is 864. The standard InChI is InChI=1S/C14H9F3N4O4/c15-14(16,17)9-5-11(13(18)12(6-9)21(24)25)19-7-8-1-3-10(4-2-8)20(22)23/h1-7H,18H2. The highest BCUT2D eigenvalue weighted by Crippen LogP contribution is 2.39. The molecule has 0 saturated carbocycles. The molecule has 11 heteroatoms. The Morgan fingerprint density at radius 3 is 2.12 bits per heavy atom. The molecule has 0 spiro atoms. The largest absolute Gasteiger partial charge is 0.416 e. The van der Waals surface area contributed by atoms with Crippen LogP contribution in [-0.4, -0.2) is 16.1 Å². The molecule has 0 aliphatic heterocycles. The number of halogens is 3. The van der Waals surface area contributed by atoms with Gasteiger partial charge in [-0.1, -0.05) is 0 Å². The highest BCUT2D eigenvalue weighted by molar-refractivity contribution is 5.86. The smallest absolute Gasteiger partial charge is 0.391 e. The molecule has 25 heavy (non-hydrogen) atoms. The number of nitro benzene ring substituents is 2. The third kappa shape index (κ3) is 4.07. The fourth-order valence-corrected chi connectivity index (χ4v) is 1.87. The van der Waals surface area contributed by atoms with Crippen molar-refractivity contribution in [3.63, 3.8) is 0 Å². The van der Waals surface area contributed by atoms with Gasteiger partial charge in [-0.3, -0.25) is 25.2 Å². The average molecular weight is 354 g/mol. The number of nitro groups is 2. The van der Waals surface area contributed by atoms with E-state index in [-0.39, 0.29) is 5.69 Å². The van der Waals surface area contributed by atoms with Crippen LogP contribution >= 0.6 is 0 Å². The lowest BCUT2D eigenvalue weighted by Gasteiger charge is -2.09. The van der Waals surface area contributed by atoms with E-state index in [1.54, 1.807) is 0 Å². The fourth-order valence-electron chi connectivity index (χ4n) is 1.87. The van der Waals surface area contributed by atoms with Crippen molar-refractivity contribution < 1.29 is 23.0 Å². The van der Waals surface area contributed by atoms with E-state index in [1.807, 2.05) is 0 Å². The van der Waals surface area contributed by atoms with E-state index in [2.05, 4.69) is 4.99 Å². The highest BCUT2D eigenvalue weighted by Gasteiger charge is 2.34. The maximum atomic E-state index is 12.8. The van der Waals surface area contributed by atoms with Gasteiger partial charge in [-0.25, -0.2) is 0 Å². The van der Waals surface area contributed by atoms with Crippen molar-refractivity contribution >= 4 is 29.0 Å². The van der Waals surface area contributed by atoms with Crippen LogP contribution in [0, 0.1) is 20.2 Å². The Hall–Kier alpha value is -3.50. The maximum absolute atomic E-state index is 12.8. The number of alkyl halides is 3. The van der Waals surface area contributed by atoms with Gasteiger partial charge in [0.25, 0.3) is 11.4 Å². The van der Waals surface area contributed by atoms with Gasteiger partial charge in [0.05, 0.1) is 21.1 Å². The normalized spacial score (nSPS) is 11.6. The lowest BCUT2D eigenvalue weighted by Crippen LogP contribution is -2.07. The number of aliphatic imine (C=N–C) groups is 1. The van der Waals surface area contributed by atoms with Crippen LogP contribution in [-0.2, 0) is 6.18 Å². The molecule has 0 unspecified atom stereocenters. The molecule has 0 atom stereocenters. The molecule has 0 aromatic heterocycles. The van der Waals surface area contributed by atoms with E-state index in [0.29, 0.717) is 17.7 Å². The molecule has 0 amide bonds. The van der Waals surface area contributed by atoms with Gasteiger partial charge in [-0.05, 0) is 23.8 Å². The molecule has 2 aromatic carbocycles. The minimum Gasteiger partial charge on any atom is -0.391 e. The molecular formula is C14H9F3N4O4. The molecular weight excluding hydrogens is 345 g/mol. The van der Waals surface area contributed by atoms with Crippen molar-refractivity contribution in [2.45, 2.75) is 6.18 Å². The number of benzene rings is 2. The molecule has 0 aliphatic rings. The Balaban J connectivity index is 2.45. The first-order valence-corrected chi connectivity index (χ1v) is 6.53. The Morgan fingerprint density at radius 2 is 1.64 bits per heavy atom. The number of nitrogen functional groups attached to an aromatic ring is 1. The number of nitrogens with zero attached hydrogens (tertiary/aromatic N) is 3. The van der Waals surface area contributed by atoms with Crippen molar-refractivity contribution in [2.24, 2.45) is 4.99 Å². The summed E-state index contributed by atoms with van der Waals surface area (Å²) in [6.45, 7) is 0. The summed E-state index contributed by atoms with van der Waals surface area (Å²) in [6.07, 6.45) is -3.71. The van der Waals surface area contributed by atoms with E-state index < -0.39 is 38.6 Å². The Labute approximate surface area is 137 Å². The second-order valence-corrected chi connectivity index (χ2v) is 4.79. The van der Waals surface area contributed by atoms with Gasteiger partial charge >= 0.3 is 6.18 Å². The number of non-ortho nitro benzene ring substituents is 1.